The molecule has 1 aliphatic rings. The average Bonchev–Trinajstić information content (AvgIpc) is 3.83. The molecule has 0 saturated heterocycles. The Morgan fingerprint density at radius 3 is 2.46 bits per heavy atom. The van der Waals surface area contributed by atoms with E-state index in [1.54, 1.807) is 92.0 Å². The van der Waals surface area contributed by atoms with Gasteiger partial charge in [0.15, 0.2) is 6.79 Å². The van der Waals surface area contributed by atoms with E-state index in [1.165, 1.54) is 16.9 Å². The lowest BCUT2D eigenvalue weighted by Gasteiger charge is -2.28. The van der Waals surface area contributed by atoms with Gasteiger partial charge in [0.2, 0.25) is 0 Å². The van der Waals surface area contributed by atoms with E-state index >= 15 is 0 Å². The van der Waals surface area contributed by atoms with E-state index in [4.69, 9.17) is 35.3 Å². The zero-order valence-corrected chi connectivity index (χ0v) is 35.9. The van der Waals surface area contributed by atoms with Crippen LogP contribution in [0, 0.1) is 6.92 Å². The van der Waals surface area contributed by atoms with Gasteiger partial charge in [0, 0.05) is 81.5 Å². The van der Waals surface area contributed by atoms with Crippen LogP contribution in [0.1, 0.15) is 58.7 Å². The quantitative estimate of drug-likeness (QED) is 0.0615. The summed E-state index contributed by atoms with van der Waals surface area (Å²) >= 11 is 6.59. The maximum absolute atomic E-state index is 14.4. The third-order valence-corrected chi connectivity index (χ3v) is 10.3. The molecule has 1 unspecified atom stereocenters. The summed E-state index contributed by atoms with van der Waals surface area (Å²) in [5.74, 6) is 0.0526. The van der Waals surface area contributed by atoms with Gasteiger partial charge in [-0.15, -0.1) is 11.6 Å². The van der Waals surface area contributed by atoms with Crippen LogP contribution < -0.4 is 19.7 Å². The number of methoxy groups -OCH3 is 1. The first kappa shape index (κ1) is 44.6. The van der Waals surface area contributed by atoms with Crippen LogP contribution in [0.5, 0.6) is 11.5 Å². The second-order valence-electron chi connectivity index (χ2n) is 15.5. The molecule has 0 bridgehead atoms. The smallest absolute Gasteiger partial charge is 0.415 e. The summed E-state index contributed by atoms with van der Waals surface area (Å²) < 4.78 is 29.1. The Morgan fingerprint density at radius 2 is 1.75 bits per heavy atom. The van der Waals surface area contributed by atoms with Gasteiger partial charge in [-0.25, -0.2) is 14.6 Å². The summed E-state index contributed by atoms with van der Waals surface area (Å²) in [6.45, 7) is 7.98. The van der Waals surface area contributed by atoms with Gasteiger partial charge < -0.3 is 53.2 Å². The molecule has 16 nitrogen and oxygen atoms in total. The zero-order chi connectivity index (χ0) is 43.8. The Labute approximate surface area is 358 Å². The van der Waals surface area contributed by atoms with Crippen LogP contribution in [0.2, 0.25) is 0 Å². The molecule has 5 aromatic rings. The fourth-order valence-electron chi connectivity index (χ4n) is 6.92. The third-order valence-electron chi connectivity index (χ3n) is 9.88. The molecule has 17 heteroatoms. The van der Waals surface area contributed by atoms with E-state index < -0.39 is 23.7 Å². The van der Waals surface area contributed by atoms with Gasteiger partial charge in [-0.1, -0.05) is 18.2 Å². The number of rotatable bonds is 16. The summed E-state index contributed by atoms with van der Waals surface area (Å²) in [4.78, 5) is 63.2. The van der Waals surface area contributed by atoms with Crippen LogP contribution in [0.4, 0.5) is 21.0 Å². The van der Waals surface area contributed by atoms with E-state index in [0.29, 0.717) is 33.7 Å². The van der Waals surface area contributed by atoms with Gasteiger partial charge >= 0.3 is 12.2 Å². The van der Waals surface area contributed by atoms with Crippen molar-refractivity contribution in [3.8, 4) is 11.5 Å². The molecule has 0 radical (unpaired) electrons. The van der Waals surface area contributed by atoms with Crippen LogP contribution in [-0.4, -0.2) is 127 Å². The maximum Gasteiger partial charge on any atom is 0.415 e. The molecule has 61 heavy (non-hydrogen) atoms. The number of alkyl halides is 1. The number of aliphatic hydroxyl groups excluding tert-OH is 1. The van der Waals surface area contributed by atoms with Crippen molar-refractivity contribution in [2.24, 2.45) is 0 Å². The number of nitrogens with one attached hydrogen (secondary N) is 1. The number of halogens is 1. The molecule has 324 valence electrons. The molecule has 2 aromatic heterocycles. The van der Waals surface area contributed by atoms with Crippen molar-refractivity contribution < 1.29 is 48.0 Å². The number of aryl methyl sites for hydroxylation is 1. The standard InChI is InChI=1S/C44H51ClN6O10/c1-28-8-7-9-33-36(60-43(56)49(18-20-58-21-19-52)17-16-48(5)42(55)61-44(2,3)4)22-35-39(38(28)33)30(23-45)24-51(35)41(54)34-26-50-25-31(12-15-37(50)47-34)46-40(53)29-10-13-32(14-11-29)59-27-57-6/h7-15,22,25-26,30,52H,16-21,23-24,27H2,1-6H3,(H,46,53). The Hall–Kier alpha value is -5.94. The number of anilines is 2. The first-order valence-electron chi connectivity index (χ1n) is 19.8. The minimum Gasteiger partial charge on any atom is -0.468 e. The summed E-state index contributed by atoms with van der Waals surface area (Å²) in [6, 6.07) is 17.4. The number of aliphatic hydroxyl groups is 1. The lowest BCUT2D eigenvalue weighted by Crippen LogP contribution is -2.43. The van der Waals surface area contributed by atoms with E-state index in [2.05, 4.69) is 10.3 Å². The summed E-state index contributed by atoms with van der Waals surface area (Å²) in [7, 11) is 3.10. The van der Waals surface area contributed by atoms with Gasteiger partial charge in [0.1, 0.15) is 28.4 Å². The monoisotopic (exact) mass is 858 g/mol. The van der Waals surface area contributed by atoms with Crippen LogP contribution in [0.15, 0.2) is 73.1 Å². The van der Waals surface area contributed by atoms with Crippen LogP contribution in [0.25, 0.3) is 16.4 Å². The average molecular weight is 859 g/mol. The number of pyridine rings is 1. The number of hydrogen-bond acceptors (Lipinski definition) is 11. The SMILES string of the molecule is COCOc1ccc(C(=O)Nc2ccc3nc(C(=O)N4CC(CCl)c5c4cc(OC(=O)N(CCOCCO)CCN(C)C(=O)OC(C)(C)C)c4cccc(C)c54)cn3c2)cc1. The number of ether oxygens (including phenoxy) is 5. The molecular weight excluding hydrogens is 808 g/mol. The predicted molar refractivity (Wildman–Crippen MR) is 230 cm³/mol. The summed E-state index contributed by atoms with van der Waals surface area (Å²) in [5, 5.41) is 13.6. The fraction of sp³-hybridized carbons (Fsp3) is 0.386. The van der Waals surface area contributed by atoms with Crippen molar-refractivity contribution in [3.05, 3.63) is 95.4 Å². The molecule has 3 heterocycles. The summed E-state index contributed by atoms with van der Waals surface area (Å²) in [5.41, 5.74) is 3.15. The number of carbonyl (C=O) groups excluding carboxylic acids is 4. The first-order valence-corrected chi connectivity index (χ1v) is 20.3. The second-order valence-corrected chi connectivity index (χ2v) is 15.8. The molecule has 1 aliphatic heterocycles. The molecule has 0 aliphatic carbocycles. The van der Waals surface area contributed by atoms with E-state index in [1.807, 2.05) is 25.1 Å². The molecule has 0 spiro atoms. The predicted octanol–water partition coefficient (Wildman–Crippen LogP) is 6.69. The fourth-order valence-corrected chi connectivity index (χ4v) is 7.18. The van der Waals surface area contributed by atoms with Crippen molar-refractivity contribution in [2.45, 2.75) is 39.2 Å². The highest BCUT2D eigenvalue weighted by Crippen LogP contribution is 2.47. The number of amides is 4. The molecule has 3 aromatic carbocycles. The van der Waals surface area contributed by atoms with E-state index in [9.17, 15) is 24.3 Å². The van der Waals surface area contributed by atoms with Crippen LogP contribution in [0.3, 0.4) is 0 Å². The highest BCUT2D eigenvalue weighted by molar-refractivity contribution is 6.19. The van der Waals surface area contributed by atoms with Gasteiger partial charge in [0.25, 0.3) is 11.8 Å². The number of aromatic nitrogens is 2. The molecule has 1 atom stereocenters. The first-order chi connectivity index (χ1) is 29.2. The van der Waals surface area contributed by atoms with Crippen LogP contribution >= 0.6 is 11.6 Å². The van der Waals surface area contributed by atoms with Crippen molar-refractivity contribution in [3.63, 3.8) is 0 Å². The maximum atomic E-state index is 14.4. The van der Waals surface area contributed by atoms with Crippen molar-refractivity contribution in [1.82, 2.24) is 19.2 Å². The van der Waals surface area contributed by atoms with Crippen LogP contribution in [-0.2, 0) is 14.2 Å². The Balaban J connectivity index is 1.26. The Bertz CT molecular complexity index is 2380. The number of imidazole rings is 1. The second kappa shape index (κ2) is 19.6. The minimum absolute atomic E-state index is 0.0901. The normalized spacial score (nSPS) is 13.6. The number of carbonyl (C=O) groups is 4. The van der Waals surface area contributed by atoms with Crippen molar-refractivity contribution >= 4 is 63.4 Å². The van der Waals surface area contributed by atoms with E-state index in [-0.39, 0.29) is 81.9 Å². The molecule has 6 rings (SSSR count). The van der Waals surface area contributed by atoms with Crippen molar-refractivity contribution in [1.29, 1.82) is 0 Å². The zero-order valence-electron chi connectivity index (χ0n) is 35.1. The van der Waals surface area contributed by atoms with Gasteiger partial charge in [-0.3, -0.25) is 9.59 Å². The lowest BCUT2D eigenvalue weighted by molar-refractivity contribution is 0.0273. The van der Waals surface area contributed by atoms with Gasteiger partial charge in [-0.05, 0) is 80.6 Å². The van der Waals surface area contributed by atoms with Crippen molar-refractivity contribution in [2.75, 3.05) is 83.0 Å². The molecule has 0 saturated carbocycles. The molecule has 0 fully saturated rings. The highest BCUT2D eigenvalue weighted by Gasteiger charge is 2.37. The molecular formula is C44H51ClN6O10. The lowest BCUT2D eigenvalue weighted by atomic mass is 9.92. The molecule has 2 N–H and O–H groups in total. The Kier molecular flexibility index (Phi) is 14.4. The van der Waals surface area contributed by atoms with Gasteiger partial charge in [0.05, 0.1) is 31.2 Å². The minimum atomic E-state index is -0.700. The summed E-state index contributed by atoms with van der Waals surface area (Å²) in [6.07, 6.45) is 2.03. The number of fused-ring (bicyclic) bond motifs is 4. The van der Waals surface area contributed by atoms with E-state index in [0.717, 1.165) is 16.5 Å². The number of hydrogen-bond donors (Lipinski definition) is 2. The van der Waals surface area contributed by atoms with Gasteiger partial charge in [-0.2, -0.15) is 0 Å². The molecule has 4 amide bonds. The topological polar surface area (TPSA) is 174 Å². The number of benzene rings is 3. The number of likely N-dealkylation sites (N-methyl/N-ethyl adjacent to an activating group) is 1. The highest BCUT2D eigenvalue weighted by atomic mass is 35.5. The number of nitrogens with zero attached hydrogens (tertiary/aromatic N) is 5. The Morgan fingerprint density at radius 1 is 0.984 bits per heavy atom. The third kappa shape index (κ3) is 10.7. The largest absolute Gasteiger partial charge is 0.468 e.